The summed E-state index contributed by atoms with van der Waals surface area (Å²) in [4.78, 5) is 14.0. The Morgan fingerprint density at radius 1 is 1.56 bits per heavy atom. The number of nitrogens with zero attached hydrogens (tertiary/aromatic N) is 1. The molecular formula is C13H25N3O2. The Balaban J connectivity index is 1.95. The van der Waals surface area contributed by atoms with Crippen LogP contribution < -0.4 is 11.1 Å². The van der Waals surface area contributed by atoms with Crippen molar-refractivity contribution in [1.29, 1.82) is 0 Å². The Morgan fingerprint density at radius 3 is 2.89 bits per heavy atom. The Kier molecular flexibility index (Phi) is 4.25. The molecule has 0 aromatic carbocycles. The van der Waals surface area contributed by atoms with Gasteiger partial charge in [0.25, 0.3) is 0 Å². The first-order chi connectivity index (χ1) is 8.49. The largest absolute Gasteiger partial charge is 0.377 e. The van der Waals surface area contributed by atoms with Crippen molar-refractivity contribution in [2.24, 2.45) is 5.73 Å². The van der Waals surface area contributed by atoms with Gasteiger partial charge in [0.15, 0.2) is 0 Å². The topological polar surface area (TPSA) is 67.6 Å². The molecule has 0 spiro atoms. The van der Waals surface area contributed by atoms with Crippen LogP contribution in [0.15, 0.2) is 0 Å². The fourth-order valence-electron chi connectivity index (χ4n) is 2.54. The molecule has 2 rings (SSSR count). The van der Waals surface area contributed by atoms with Gasteiger partial charge in [-0.05, 0) is 33.1 Å². The van der Waals surface area contributed by atoms with Crippen LogP contribution in [0.2, 0.25) is 0 Å². The lowest BCUT2D eigenvalue weighted by Gasteiger charge is -2.34. The van der Waals surface area contributed by atoms with Crippen molar-refractivity contribution in [2.75, 3.05) is 26.2 Å². The van der Waals surface area contributed by atoms with Crippen LogP contribution in [-0.2, 0) is 9.53 Å². The summed E-state index contributed by atoms with van der Waals surface area (Å²) in [5.74, 6) is -0.257. The van der Waals surface area contributed by atoms with Gasteiger partial charge >= 0.3 is 0 Å². The molecular weight excluding hydrogens is 230 g/mol. The van der Waals surface area contributed by atoms with Crippen LogP contribution in [0.3, 0.4) is 0 Å². The van der Waals surface area contributed by atoms with E-state index in [9.17, 15) is 4.79 Å². The van der Waals surface area contributed by atoms with E-state index in [0.717, 1.165) is 39.0 Å². The highest BCUT2D eigenvalue weighted by molar-refractivity contribution is 5.84. The molecule has 0 aromatic rings. The molecule has 1 heterocycles. The first kappa shape index (κ1) is 13.8. The highest BCUT2D eigenvalue weighted by Crippen LogP contribution is 2.23. The molecule has 1 saturated heterocycles. The number of nitrogens with two attached hydrogens (primary N) is 1. The quantitative estimate of drug-likeness (QED) is 0.731. The molecule has 3 N–H and O–H groups in total. The summed E-state index contributed by atoms with van der Waals surface area (Å²) in [5.41, 5.74) is 4.96. The van der Waals surface area contributed by atoms with Gasteiger partial charge in [-0.15, -0.1) is 0 Å². The van der Waals surface area contributed by atoms with Gasteiger partial charge < -0.3 is 10.5 Å². The van der Waals surface area contributed by atoms with Crippen LogP contribution in [0.4, 0.5) is 0 Å². The highest BCUT2D eigenvalue weighted by atomic mass is 16.5. The molecule has 0 bridgehead atoms. The number of primary amides is 1. The Hall–Kier alpha value is -0.650. The van der Waals surface area contributed by atoms with Crippen molar-refractivity contribution in [3.8, 4) is 0 Å². The van der Waals surface area contributed by atoms with Crippen molar-refractivity contribution in [3.05, 3.63) is 0 Å². The first-order valence-corrected chi connectivity index (χ1v) is 6.91. The molecule has 5 nitrogen and oxygen atoms in total. The van der Waals surface area contributed by atoms with Crippen molar-refractivity contribution in [2.45, 2.75) is 50.8 Å². The number of carbonyl (C=O) groups is 1. The SMILES string of the molecule is CC1CN(CC(C)(NC2CC2)C(N)=O)CCCO1. The van der Waals surface area contributed by atoms with Gasteiger partial charge in [-0.3, -0.25) is 15.0 Å². The van der Waals surface area contributed by atoms with Gasteiger partial charge in [-0.2, -0.15) is 0 Å². The molecule has 5 heteroatoms. The fraction of sp³-hybridized carbons (Fsp3) is 0.923. The minimum absolute atomic E-state index is 0.227. The van der Waals surface area contributed by atoms with Gasteiger partial charge in [-0.1, -0.05) is 0 Å². The molecule has 2 aliphatic rings. The zero-order valence-electron chi connectivity index (χ0n) is 11.4. The van der Waals surface area contributed by atoms with E-state index >= 15 is 0 Å². The molecule has 0 aromatic heterocycles. The molecule has 1 saturated carbocycles. The molecule has 0 radical (unpaired) electrons. The second-order valence-electron chi connectivity index (χ2n) is 5.89. The maximum Gasteiger partial charge on any atom is 0.238 e. The van der Waals surface area contributed by atoms with E-state index in [0.29, 0.717) is 12.6 Å². The van der Waals surface area contributed by atoms with Gasteiger partial charge in [0.2, 0.25) is 5.91 Å². The standard InChI is InChI=1S/C13H25N3O2/c1-10-8-16(6-3-7-18-10)9-13(2,12(14)17)15-11-4-5-11/h10-11,15H,3-9H2,1-2H3,(H2,14,17). The van der Waals surface area contributed by atoms with Crippen molar-refractivity contribution in [3.63, 3.8) is 0 Å². The molecule has 104 valence electrons. The summed E-state index contributed by atoms with van der Waals surface area (Å²) in [7, 11) is 0. The van der Waals surface area contributed by atoms with Gasteiger partial charge in [0, 0.05) is 32.3 Å². The number of hydrogen-bond acceptors (Lipinski definition) is 4. The van der Waals surface area contributed by atoms with Crippen molar-refractivity contribution in [1.82, 2.24) is 10.2 Å². The summed E-state index contributed by atoms with van der Waals surface area (Å²) >= 11 is 0. The first-order valence-electron chi connectivity index (χ1n) is 6.91. The second kappa shape index (κ2) is 5.55. The normalized spacial score (nSPS) is 29.6. The maximum absolute atomic E-state index is 11.7. The third-order valence-corrected chi connectivity index (χ3v) is 3.72. The predicted octanol–water partition coefficient (Wildman–Crippen LogP) is 0.0932. The van der Waals surface area contributed by atoms with Gasteiger partial charge in [-0.25, -0.2) is 0 Å². The summed E-state index contributed by atoms with van der Waals surface area (Å²) < 4.78 is 5.62. The number of nitrogens with one attached hydrogen (secondary N) is 1. The van der Waals surface area contributed by atoms with Crippen molar-refractivity contribution >= 4 is 5.91 Å². The number of ether oxygens (including phenoxy) is 1. The summed E-state index contributed by atoms with van der Waals surface area (Å²) in [6, 6.07) is 0.475. The van der Waals surface area contributed by atoms with E-state index < -0.39 is 5.54 Å². The summed E-state index contributed by atoms with van der Waals surface area (Å²) in [5, 5.41) is 3.39. The smallest absolute Gasteiger partial charge is 0.238 e. The van der Waals surface area contributed by atoms with Gasteiger partial charge in [0.05, 0.1) is 6.10 Å². The second-order valence-corrected chi connectivity index (χ2v) is 5.89. The Bertz CT molecular complexity index is 307. The van der Waals surface area contributed by atoms with E-state index in [2.05, 4.69) is 17.1 Å². The van der Waals surface area contributed by atoms with Crippen LogP contribution in [-0.4, -0.2) is 54.7 Å². The summed E-state index contributed by atoms with van der Waals surface area (Å²) in [6.45, 7) is 7.32. The average molecular weight is 255 g/mol. The van der Waals surface area contributed by atoms with Crippen LogP contribution in [0, 0.1) is 0 Å². The number of hydrogen-bond donors (Lipinski definition) is 2. The third kappa shape index (κ3) is 3.67. The zero-order valence-corrected chi connectivity index (χ0v) is 11.4. The Morgan fingerprint density at radius 2 is 2.28 bits per heavy atom. The lowest BCUT2D eigenvalue weighted by molar-refractivity contribution is -0.124. The molecule has 1 aliphatic carbocycles. The third-order valence-electron chi connectivity index (χ3n) is 3.72. The van der Waals surface area contributed by atoms with E-state index in [4.69, 9.17) is 10.5 Å². The average Bonchev–Trinajstić information content (AvgIpc) is 3.07. The highest BCUT2D eigenvalue weighted by Gasteiger charge is 2.38. The lowest BCUT2D eigenvalue weighted by Crippen LogP contribution is -2.60. The molecule has 2 fully saturated rings. The molecule has 18 heavy (non-hydrogen) atoms. The molecule has 1 aliphatic heterocycles. The monoisotopic (exact) mass is 255 g/mol. The van der Waals surface area contributed by atoms with E-state index in [1.165, 1.54) is 0 Å². The van der Waals surface area contributed by atoms with Gasteiger partial charge in [0.1, 0.15) is 5.54 Å². The predicted molar refractivity (Wildman–Crippen MR) is 70.2 cm³/mol. The van der Waals surface area contributed by atoms with E-state index in [1.54, 1.807) is 0 Å². The van der Waals surface area contributed by atoms with Crippen LogP contribution in [0.5, 0.6) is 0 Å². The molecule has 2 unspecified atom stereocenters. The zero-order chi connectivity index (χ0) is 13.2. The van der Waals surface area contributed by atoms with Crippen LogP contribution in [0.25, 0.3) is 0 Å². The van der Waals surface area contributed by atoms with Crippen LogP contribution in [0.1, 0.15) is 33.1 Å². The lowest BCUT2D eigenvalue weighted by atomic mass is 10.00. The number of amides is 1. The minimum atomic E-state index is -0.620. The fourth-order valence-corrected chi connectivity index (χ4v) is 2.54. The van der Waals surface area contributed by atoms with Crippen molar-refractivity contribution < 1.29 is 9.53 Å². The van der Waals surface area contributed by atoms with Crippen LogP contribution >= 0.6 is 0 Å². The number of rotatable bonds is 5. The van der Waals surface area contributed by atoms with E-state index in [-0.39, 0.29) is 12.0 Å². The molecule has 1 amide bonds. The van der Waals surface area contributed by atoms with E-state index in [1.807, 2.05) is 6.92 Å². The number of carbonyl (C=O) groups excluding carboxylic acids is 1. The maximum atomic E-state index is 11.7. The Labute approximate surface area is 109 Å². The summed E-state index contributed by atoms with van der Waals surface area (Å²) in [6.07, 6.45) is 3.55. The molecule has 2 atom stereocenters. The minimum Gasteiger partial charge on any atom is -0.377 e.